The summed E-state index contributed by atoms with van der Waals surface area (Å²) in [4.78, 5) is 0. The first-order valence-corrected chi connectivity index (χ1v) is 9.90. The Kier molecular flexibility index (Phi) is 5.80. The minimum Gasteiger partial charge on any atom is -0.391 e. The maximum atomic E-state index is 14.5. The van der Waals surface area contributed by atoms with Crippen LogP contribution in [0.1, 0.15) is 31.0 Å². The minimum absolute atomic E-state index is 0.0215. The van der Waals surface area contributed by atoms with Gasteiger partial charge in [-0.05, 0) is 31.9 Å². The molecule has 31 heavy (non-hydrogen) atoms. The molecule has 0 spiro atoms. The lowest BCUT2D eigenvalue weighted by Gasteiger charge is -2.13. The molecule has 1 N–H and O–H groups in total. The number of nitrogens with zero attached hydrogens (tertiary/aromatic N) is 3. The lowest BCUT2D eigenvalue weighted by molar-refractivity contribution is -0.144. The zero-order valence-corrected chi connectivity index (χ0v) is 17.0. The molecular formula is C20H18ClF4N3O3. The van der Waals surface area contributed by atoms with E-state index in [1.54, 1.807) is 0 Å². The van der Waals surface area contributed by atoms with Crippen molar-refractivity contribution >= 4 is 11.6 Å². The molecule has 1 fully saturated rings. The van der Waals surface area contributed by atoms with Crippen molar-refractivity contribution in [3.8, 4) is 22.6 Å². The molecule has 2 aromatic heterocycles. The van der Waals surface area contributed by atoms with E-state index in [-0.39, 0.29) is 52.4 Å². The van der Waals surface area contributed by atoms with E-state index >= 15 is 0 Å². The summed E-state index contributed by atoms with van der Waals surface area (Å²) in [7, 11) is 0. The van der Waals surface area contributed by atoms with Crippen molar-refractivity contribution in [2.45, 2.75) is 51.3 Å². The van der Waals surface area contributed by atoms with Gasteiger partial charge in [-0.15, -0.1) is 0 Å². The van der Waals surface area contributed by atoms with E-state index in [9.17, 15) is 22.7 Å². The molecule has 0 radical (unpaired) electrons. The number of benzene rings is 1. The zero-order chi connectivity index (χ0) is 22.3. The Bertz CT molecular complexity index is 1070. The Morgan fingerprint density at radius 3 is 2.71 bits per heavy atom. The highest BCUT2D eigenvalue weighted by Crippen LogP contribution is 2.43. The second-order valence-electron chi connectivity index (χ2n) is 7.38. The smallest absolute Gasteiger partial charge is 0.391 e. The highest BCUT2D eigenvalue weighted by molar-refractivity contribution is 6.33. The van der Waals surface area contributed by atoms with Gasteiger partial charge in [0.05, 0.1) is 53.3 Å². The minimum atomic E-state index is -4.79. The molecule has 0 aliphatic heterocycles. The summed E-state index contributed by atoms with van der Waals surface area (Å²) < 4.78 is 67.8. The van der Waals surface area contributed by atoms with Crippen molar-refractivity contribution in [3.05, 3.63) is 46.5 Å². The lowest BCUT2D eigenvalue weighted by atomic mass is 10.0. The third-order valence-electron chi connectivity index (χ3n) is 4.77. The second kappa shape index (κ2) is 8.25. The van der Waals surface area contributed by atoms with Crippen LogP contribution in [0.4, 0.5) is 17.6 Å². The molecule has 3 aromatic rings. The summed E-state index contributed by atoms with van der Waals surface area (Å²) in [6, 6.07) is 4.02. The van der Waals surface area contributed by atoms with Crippen LogP contribution in [0, 0.1) is 5.82 Å². The maximum Gasteiger partial charge on any atom is 0.433 e. The SMILES string of the molecule is CC(O)Cn1ncc(-c2onc(-c3c(F)cccc3Cl)c2COC2CC2)c1C(F)(F)F. The summed E-state index contributed by atoms with van der Waals surface area (Å²) in [5, 5.41) is 17.2. The first-order valence-electron chi connectivity index (χ1n) is 9.52. The number of aromatic nitrogens is 3. The van der Waals surface area contributed by atoms with E-state index in [0.29, 0.717) is 4.68 Å². The van der Waals surface area contributed by atoms with E-state index in [1.807, 2.05) is 0 Å². The summed E-state index contributed by atoms with van der Waals surface area (Å²) in [6.07, 6.45) is -3.23. The zero-order valence-electron chi connectivity index (χ0n) is 16.3. The summed E-state index contributed by atoms with van der Waals surface area (Å²) in [5.74, 6) is -0.931. The molecule has 1 unspecified atom stereocenters. The number of ether oxygens (including phenoxy) is 1. The molecule has 1 aromatic carbocycles. The second-order valence-corrected chi connectivity index (χ2v) is 7.79. The van der Waals surface area contributed by atoms with Gasteiger partial charge in [-0.1, -0.05) is 22.8 Å². The monoisotopic (exact) mass is 459 g/mol. The number of halogens is 5. The largest absolute Gasteiger partial charge is 0.433 e. The van der Waals surface area contributed by atoms with Gasteiger partial charge in [-0.25, -0.2) is 4.39 Å². The number of aliphatic hydroxyl groups excluding tert-OH is 1. The van der Waals surface area contributed by atoms with Gasteiger partial charge in [0.15, 0.2) is 11.5 Å². The van der Waals surface area contributed by atoms with Gasteiger partial charge in [0.2, 0.25) is 0 Å². The van der Waals surface area contributed by atoms with Gasteiger partial charge in [-0.2, -0.15) is 18.3 Å². The highest BCUT2D eigenvalue weighted by atomic mass is 35.5. The first kappa shape index (κ1) is 21.8. The normalized spacial score (nSPS) is 15.5. The van der Waals surface area contributed by atoms with Crippen molar-refractivity contribution in [3.63, 3.8) is 0 Å². The molecule has 6 nitrogen and oxygen atoms in total. The van der Waals surface area contributed by atoms with Gasteiger partial charge in [-0.3, -0.25) is 4.68 Å². The summed E-state index contributed by atoms with van der Waals surface area (Å²) in [5.41, 5.74) is -1.47. The van der Waals surface area contributed by atoms with Crippen molar-refractivity contribution < 1.29 is 31.9 Å². The predicted molar refractivity (Wildman–Crippen MR) is 103 cm³/mol. The number of hydrogen-bond acceptors (Lipinski definition) is 5. The van der Waals surface area contributed by atoms with Crippen LogP contribution in [0.15, 0.2) is 28.9 Å². The van der Waals surface area contributed by atoms with Crippen molar-refractivity contribution in [2.24, 2.45) is 0 Å². The third kappa shape index (κ3) is 4.46. The molecule has 4 rings (SSSR count). The Morgan fingerprint density at radius 2 is 2.10 bits per heavy atom. The Hall–Kier alpha value is -2.43. The fraction of sp³-hybridized carbons (Fsp3) is 0.400. The van der Waals surface area contributed by atoms with Crippen molar-refractivity contribution in [1.29, 1.82) is 0 Å². The van der Waals surface area contributed by atoms with Crippen LogP contribution in [-0.2, 0) is 24.1 Å². The Balaban J connectivity index is 1.88. The van der Waals surface area contributed by atoms with Gasteiger partial charge in [0.25, 0.3) is 0 Å². The van der Waals surface area contributed by atoms with Gasteiger partial charge in [0.1, 0.15) is 11.5 Å². The number of rotatable bonds is 7. The van der Waals surface area contributed by atoms with E-state index in [4.69, 9.17) is 20.9 Å². The van der Waals surface area contributed by atoms with Crippen molar-refractivity contribution in [2.75, 3.05) is 0 Å². The van der Waals surface area contributed by atoms with Crippen LogP contribution < -0.4 is 0 Å². The summed E-state index contributed by atoms with van der Waals surface area (Å²) in [6.45, 7) is 0.842. The Labute approximate surface area is 179 Å². The fourth-order valence-electron chi connectivity index (χ4n) is 3.25. The Morgan fingerprint density at radius 1 is 1.35 bits per heavy atom. The number of aliphatic hydroxyl groups is 1. The van der Waals surface area contributed by atoms with Crippen LogP contribution in [0.3, 0.4) is 0 Å². The quantitative estimate of drug-likeness (QED) is 0.499. The predicted octanol–water partition coefficient (Wildman–Crippen LogP) is 5.08. The number of alkyl halides is 3. The van der Waals surface area contributed by atoms with Crippen LogP contribution in [0.2, 0.25) is 5.02 Å². The van der Waals surface area contributed by atoms with Crippen LogP contribution in [-0.4, -0.2) is 32.3 Å². The lowest BCUT2D eigenvalue weighted by Crippen LogP contribution is -2.21. The highest BCUT2D eigenvalue weighted by Gasteiger charge is 2.41. The molecule has 1 aliphatic rings. The number of hydrogen-bond donors (Lipinski definition) is 1. The van der Waals surface area contributed by atoms with E-state index in [0.717, 1.165) is 19.0 Å². The summed E-state index contributed by atoms with van der Waals surface area (Å²) >= 11 is 6.14. The first-order chi connectivity index (χ1) is 14.7. The fourth-order valence-corrected chi connectivity index (χ4v) is 3.50. The van der Waals surface area contributed by atoms with Crippen LogP contribution in [0.5, 0.6) is 0 Å². The van der Waals surface area contributed by atoms with E-state index < -0.39 is 23.8 Å². The van der Waals surface area contributed by atoms with Crippen molar-refractivity contribution in [1.82, 2.24) is 14.9 Å². The average Bonchev–Trinajstić information content (AvgIpc) is 3.26. The molecule has 0 amide bonds. The molecule has 11 heteroatoms. The molecule has 1 saturated carbocycles. The average molecular weight is 460 g/mol. The molecule has 1 aliphatic carbocycles. The molecule has 166 valence electrons. The van der Waals surface area contributed by atoms with Gasteiger partial charge < -0.3 is 14.4 Å². The topological polar surface area (TPSA) is 73.3 Å². The van der Waals surface area contributed by atoms with E-state index in [1.165, 1.54) is 25.1 Å². The molecule has 2 heterocycles. The van der Waals surface area contributed by atoms with Gasteiger partial charge >= 0.3 is 6.18 Å². The van der Waals surface area contributed by atoms with Crippen LogP contribution in [0.25, 0.3) is 22.6 Å². The van der Waals surface area contributed by atoms with Crippen LogP contribution >= 0.6 is 11.6 Å². The molecular weight excluding hydrogens is 442 g/mol. The molecule has 0 saturated heterocycles. The van der Waals surface area contributed by atoms with E-state index in [2.05, 4.69) is 10.3 Å². The standard InChI is InChI=1S/C20H18ClF4N3O3/c1-10(29)8-28-19(20(23,24)25)12(7-26-28)18-13(9-30-11-5-6-11)17(27-31-18)16-14(21)3-2-4-15(16)22/h2-4,7,10-11,29H,5-6,8-9H2,1H3. The molecule has 0 bridgehead atoms. The maximum absolute atomic E-state index is 14.5. The van der Waals surface area contributed by atoms with Gasteiger partial charge in [0, 0.05) is 0 Å². The third-order valence-corrected chi connectivity index (χ3v) is 5.08. The molecule has 1 atom stereocenters.